The Kier molecular flexibility index (Phi) is 2.76. The van der Waals surface area contributed by atoms with Gasteiger partial charge in [0.25, 0.3) is 0 Å². The normalized spacial score (nSPS) is 16.2. The Bertz CT molecular complexity index is 407. The lowest BCUT2D eigenvalue weighted by Crippen LogP contribution is -2.34. The van der Waals surface area contributed by atoms with Gasteiger partial charge in [-0.25, -0.2) is 9.97 Å². The molecule has 16 heavy (non-hydrogen) atoms. The number of Topliss-reactive ketones (excluding diaryl/α,β-unsaturated/α-hetero) is 1. The quantitative estimate of drug-likeness (QED) is 0.536. The molecule has 1 fully saturated rings. The lowest BCUT2D eigenvalue weighted by Gasteiger charge is -2.25. The molecule has 1 aliphatic rings. The highest BCUT2D eigenvalue weighted by molar-refractivity contribution is 5.80. The zero-order valence-corrected chi connectivity index (χ0v) is 8.50. The summed E-state index contributed by atoms with van der Waals surface area (Å²) in [4.78, 5) is 30.6. The van der Waals surface area contributed by atoms with Crippen LogP contribution in [-0.2, 0) is 4.79 Å². The van der Waals surface area contributed by atoms with E-state index in [0.717, 1.165) is 0 Å². The van der Waals surface area contributed by atoms with Crippen LogP contribution in [0.3, 0.4) is 0 Å². The number of nitrogens with zero attached hydrogens (tertiary/aromatic N) is 4. The largest absolute Gasteiger partial charge is 0.340 e. The van der Waals surface area contributed by atoms with E-state index in [1.54, 1.807) is 0 Å². The fourth-order valence-corrected chi connectivity index (χ4v) is 1.53. The average Bonchev–Trinajstić information content (AvgIpc) is 2.30. The van der Waals surface area contributed by atoms with Gasteiger partial charge >= 0.3 is 5.69 Å². The molecule has 1 aliphatic heterocycles. The fourth-order valence-electron chi connectivity index (χ4n) is 1.53. The molecular weight excluding hydrogens is 212 g/mol. The van der Waals surface area contributed by atoms with Gasteiger partial charge in [-0.15, -0.1) is 0 Å². The van der Waals surface area contributed by atoms with E-state index in [-0.39, 0.29) is 11.5 Å². The van der Waals surface area contributed by atoms with Gasteiger partial charge in [-0.1, -0.05) is 0 Å². The van der Waals surface area contributed by atoms with Crippen LogP contribution in [0.4, 0.5) is 11.6 Å². The second kappa shape index (κ2) is 4.21. The van der Waals surface area contributed by atoms with Gasteiger partial charge in [-0.2, -0.15) is 0 Å². The number of nitro groups is 1. The number of anilines is 1. The summed E-state index contributed by atoms with van der Waals surface area (Å²) in [5, 5.41) is 10.4. The Morgan fingerprint density at radius 2 is 1.81 bits per heavy atom. The second-order valence-electron chi connectivity index (χ2n) is 3.52. The lowest BCUT2D eigenvalue weighted by atomic mass is 10.1. The number of hydrogen-bond acceptors (Lipinski definition) is 6. The first kappa shape index (κ1) is 10.5. The van der Waals surface area contributed by atoms with E-state index in [2.05, 4.69) is 9.97 Å². The van der Waals surface area contributed by atoms with Crippen molar-refractivity contribution in [2.24, 2.45) is 0 Å². The first-order chi connectivity index (χ1) is 7.66. The van der Waals surface area contributed by atoms with Crippen LogP contribution in [0.1, 0.15) is 12.8 Å². The maximum atomic E-state index is 11.0. The van der Waals surface area contributed by atoms with E-state index in [4.69, 9.17) is 0 Å². The smallest absolute Gasteiger partial charge is 0.305 e. The van der Waals surface area contributed by atoms with Crippen molar-refractivity contribution < 1.29 is 9.72 Å². The predicted octanol–water partition coefficient (Wildman–Crippen LogP) is 0.554. The van der Waals surface area contributed by atoms with Gasteiger partial charge in [0.15, 0.2) is 0 Å². The summed E-state index contributed by atoms with van der Waals surface area (Å²) < 4.78 is 0. The van der Waals surface area contributed by atoms with Crippen LogP contribution in [0.2, 0.25) is 0 Å². The van der Waals surface area contributed by atoms with Crippen molar-refractivity contribution in [1.29, 1.82) is 0 Å². The molecule has 0 unspecified atom stereocenters. The maximum absolute atomic E-state index is 11.0. The third-order valence-corrected chi connectivity index (χ3v) is 2.44. The van der Waals surface area contributed by atoms with Crippen LogP contribution in [0.5, 0.6) is 0 Å². The van der Waals surface area contributed by atoms with Gasteiger partial charge in [-0.05, 0) is 0 Å². The zero-order valence-electron chi connectivity index (χ0n) is 8.50. The standard InChI is InChI=1S/C9H10N4O3/c14-8-1-3-12(4-2-8)9-10-5-7(6-11-9)13(15)16/h5-6H,1-4H2. The molecule has 84 valence electrons. The first-order valence-corrected chi connectivity index (χ1v) is 4.90. The molecule has 0 saturated carbocycles. The maximum Gasteiger partial charge on any atom is 0.305 e. The van der Waals surface area contributed by atoms with Crippen LogP contribution in [-0.4, -0.2) is 33.8 Å². The third-order valence-electron chi connectivity index (χ3n) is 2.44. The summed E-state index contributed by atoms with van der Waals surface area (Å²) in [5.74, 6) is 0.677. The van der Waals surface area contributed by atoms with Crippen molar-refractivity contribution in [3.05, 3.63) is 22.5 Å². The number of hydrogen-bond donors (Lipinski definition) is 0. The van der Waals surface area contributed by atoms with Gasteiger partial charge in [0.2, 0.25) is 5.95 Å². The van der Waals surface area contributed by atoms with Crippen LogP contribution in [0.25, 0.3) is 0 Å². The summed E-state index contributed by atoms with van der Waals surface area (Å²) in [6.07, 6.45) is 3.33. The molecule has 2 rings (SSSR count). The molecule has 0 aromatic carbocycles. The highest BCUT2D eigenvalue weighted by Gasteiger charge is 2.19. The average molecular weight is 222 g/mol. The Morgan fingerprint density at radius 3 is 2.31 bits per heavy atom. The highest BCUT2D eigenvalue weighted by Crippen LogP contribution is 2.15. The van der Waals surface area contributed by atoms with E-state index in [1.165, 1.54) is 12.4 Å². The Morgan fingerprint density at radius 1 is 1.25 bits per heavy atom. The molecule has 0 bridgehead atoms. The summed E-state index contributed by atoms with van der Waals surface area (Å²) in [5.41, 5.74) is -0.128. The van der Waals surface area contributed by atoms with E-state index >= 15 is 0 Å². The molecule has 1 aromatic rings. The van der Waals surface area contributed by atoms with Crippen LogP contribution < -0.4 is 4.90 Å². The van der Waals surface area contributed by atoms with Crippen molar-refractivity contribution in [2.75, 3.05) is 18.0 Å². The van der Waals surface area contributed by atoms with E-state index < -0.39 is 4.92 Å². The topological polar surface area (TPSA) is 89.2 Å². The number of piperidine rings is 1. The summed E-state index contributed by atoms with van der Waals surface area (Å²) in [7, 11) is 0. The van der Waals surface area contributed by atoms with Gasteiger partial charge in [0, 0.05) is 25.9 Å². The molecule has 0 aliphatic carbocycles. The molecule has 0 spiro atoms. The molecule has 7 heteroatoms. The number of carbonyl (C=O) groups is 1. The molecule has 0 radical (unpaired) electrons. The minimum absolute atomic E-state index is 0.128. The molecule has 2 heterocycles. The van der Waals surface area contributed by atoms with Crippen LogP contribution >= 0.6 is 0 Å². The van der Waals surface area contributed by atoms with Crippen LogP contribution in [0, 0.1) is 10.1 Å². The zero-order chi connectivity index (χ0) is 11.5. The molecule has 0 atom stereocenters. The molecule has 0 amide bonds. The minimum atomic E-state index is -0.538. The summed E-state index contributed by atoms with van der Waals surface area (Å²) in [6, 6.07) is 0. The lowest BCUT2D eigenvalue weighted by molar-refractivity contribution is -0.385. The van der Waals surface area contributed by atoms with Crippen molar-refractivity contribution in [3.63, 3.8) is 0 Å². The van der Waals surface area contributed by atoms with Gasteiger partial charge < -0.3 is 4.90 Å². The molecule has 7 nitrogen and oxygen atoms in total. The van der Waals surface area contributed by atoms with Crippen molar-refractivity contribution >= 4 is 17.4 Å². The Labute approximate surface area is 91.3 Å². The fraction of sp³-hybridized carbons (Fsp3) is 0.444. The van der Waals surface area contributed by atoms with Crippen molar-refractivity contribution in [1.82, 2.24) is 9.97 Å². The summed E-state index contributed by atoms with van der Waals surface area (Å²) in [6.45, 7) is 1.16. The monoisotopic (exact) mass is 222 g/mol. The second-order valence-corrected chi connectivity index (χ2v) is 3.52. The minimum Gasteiger partial charge on any atom is -0.340 e. The van der Waals surface area contributed by atoms with E-state index in [9.17, 15) is 14.9 Å². The Hall–Kier alpha value is -2.05. The van der Waals surface area contributed by atoms with E-state index in [0.29, 0.717) is 31.9 Å². The Balaban J connectivity index is 2.10. The van der Waals surface area contributed by atoms with E-state index in [1.807, 2.05) is 4.90 Å². The number of ketones is 1. The molecule has 1 saturated heterocycles. The number of rotatable bonds is 2. The molecule has 0 N–H and O–H groups in total. The summed E-state index contributed by atoms with van der Waals surface area (Å²) >= 11 is 0. The van der Waals surface area contributed by atoms with Gasteiger partial charge in [0.05, 0.1) is 4.92 Å². The molecular formula is C9H10N4O3. The number of aromatic nitrogens is 2. The molecule has 1 aromatic heterocycles. The number of carbonyl (C=O) groups excluding carboxylic acids is 1. The third kappa shape index (κ3) is 2.13. The van der Waals surface area contributed by atoms with Crippen molar-refractivity contribution in [2.45, 2.75) is 12.8 Å². The van der Waals surface area contributed by atoms with Crippen molar-refractivity contribution in [3.8, 4) is 0 Å². The van der Waals surface area contributed by atoms with Crippen LogP contribution in [0.15, 0.2) is 12.4 Å². The SMILES string of the molecule is O=C1CCN(c2ncc([N+](=O)[O-])cn2)CC1. The highest BCUT2D eigenvalue weighted by atomic mass is 16.6. The van der Waals surface area contributed by atoms with Gasteiger partial charge in [0.1, 0.15) is 18.2 Å². The van der Waals surface area contributed by atoms with Gasteiger partial charge in [-0.3, -0.25) is 14.9 Å². The first-order valence-electron chi connectivity index (χ1n) is 4.90. The predicted molar refractivity (Wildman–Crippen MR) is 55.1 cm³/mol.